The molecule has 0 unspecified atom stereocenters. The normalized spacial score (nSPS) is 16.2. The van der Waals surface area contributed by atoms with E-state index in [0.717, 1.165) is 91.0 Å². The summed E-state index contributed by atoms with van der Waals surface area (Å²) in [5.74, 6) is 0.466. The molecule has 0 bridgehead atoms. The van der Waals surface area contributed by atoms with Crippen molar-refractivity contribution >= 4 is 55.5 Å². The molecular weight excluding hydrogens is 695 g/mol. The number of aromatic hydroxyl groups is 2. The van der Waals surface area contributed by atoms with Gasteiger partial charge in [-0.1, -0.05) is 146 Å². The predicted molar refractivity (Wildman–Crippen MR) is 218 cm³/mol. The summed E-state index contributed by atoms with van der Waals surface area (Å²) in [6.07, 6.45) is 7.67. The molecule has 1 aliphatic rings. The van der Waals surface area contributed by atoms with Crippen LogP contribution in [0.25, 0.3) is 65.3 Å². The van der Waals surface area contributed by atoms with Crippen molar-refractivity contribution in [3.63, 3.8) is 0 Å². The van der Waals surface area contributed by atoms with Crippen molar-refractivity contribution in [3.05, 3.63) is 157 Å². The number of nitrogens with zero attached hydrogens (tertiary/aromatic N) is 2. The largest absolute Gasteiger partial charge is 0.507 e. The van der Waals surface area contributed by atoms with Crippen LogP contribution >= 0.6 is 0 Å². The van der Waals surface area contributed by atoms with Gasteiger partial charge in [-0.3, -0.25) is 9.98 Å². The molecule has 2 N–H and O–H groups in total. The molecular formula is C48H38CoN2O2. The van der Waals surface area contributed by atoms with E-state index in [9.17, 15) is 10.2 Å². The molecule has 1 fully saturated rings. The van der Waals surface area contributed by atoms with Crippen LogP contribution in [0.4, 0.5) is 0 Å². The number of phenolic OH excluding ortho intramolecular Hbond substituents is 2. The molecule has 0 aromatic heterocycles. The zero-order valence-electron chi connectivity index (χ0n) is 29.1. The standard InChI is InChI=1S/C48H38N2O2.Co/c51-47-35(27-33-15-3-7-21-39(33)45(47)41-23-11-17-31-13-1-5-19-37(31)41)29-49-43-25-9-10-26-44(43)50-30-36-28-34-16-4-8-22-40(34)46(48(36)52)42-24-12-18-32-14-2-6-20-38(32)42;/h1-8,11-24,27-30,43-44,51-52H,9-10,25-26H2;/t43-,44-;/m1./s1. The third kappa shape index (κ3) is 6.37. The maximum Gasteiger partial charge on any atom is 0.132 e. The zero-order chi connectivity index (χ0) is 35.0. The van der Waals surface area contributed by atoms with Gasteiger partial charge in [0.2, 0.25) is 0 Å². The minimum Gasteiger partial charge on any atom is -0.507 e. The Kier molecular flexibility index (Phi) is 9.53. The third-order valence-electron chi connectivity index (χ3n) is 10.7. The maximum atomic E-state index is 11.9. The molecule has 9 rings (SSSR count). The van der Waals surface area contributed by atoms with E-state index in [-0.39, 0.29) is 40.4 Å². The molecule has 1 aliphatic carbocycles. The van der Waals surface area contributed by atoms with Crippen molar-refractivity contribution in [2.24, 2.45) is 9.98 Å². The van der Waals surface area contributed by atoms with Gasteiger partial charge in [-0.05, 0) is 79.2 Å². The smallest absolute Gasteiger partial charge is 0.132 e. The Balaban J connectivity index is 0.00000400. The number of rotatable bonds is 6. The van der Waals surface area contributed by atoms with Crippen molar-refractivity contribution in [1.82, 2.24) is 0 Å². The molecule has 0 spiro atoms. The summed E-state index contributed by atoms with van der Waals surface area (Å²) >= 11 is 0. The molecule has 53 heavy (non-hydrogen) atoms. The van der Waals surface area contributed by atoms with Crippen LogP contribution in [0.5, 0.6) is 11.5 Å². The van der Waals surface area contributed by atoms with Crippen molar-refractivity contribution in [3.8, 4) is 33.8 Å². The van der Waals surface area contributed by atoms with Gasteiger partial charge >= 0.3 is 0 Å². The van der Waals surface area contributed by atoms with Crippen LogP contribution in [0.2, 0.25) is 0 Å². The fourth-order valence-corrected chi connectivity index (χ4v) is 8.14. The number of aliphatic imine (C=N–C) groups is 2. The van der Waals surface area contributed by atoms with E-state index in [1.165, 1.54) is 0 Å². The monoisotopic (exact) mass is 733 g/mol. The minimum atomic E-state index is -0.0444. The number of fused-ring (bicyclic) bond motifs is 4. The van der Waals surface area contributed by atoms with Crippen LogP contribution in [0, 0.1) is 0 Å². The molecule has 4 nitrogen and oxygen atoms in total. The quantitative estimate of drug-likeness (QED) is 0.167. The molecule has 8 aromatic rings. The minimum absolute atomic E-state index is 0. The van der Waals surface area contributed by atoms with Crippen molar-refractivity contribution in [2.75, 3.05) is 0 Å². The van der Waals surface area contributed by atoms with E-state index in [1.807, 2.05) is 73.1 Å². The number of benzene rings is 8. The SMILES string of the molecule is Oc1c(C=N[C@@H]2CCCC[C@H]2N=Cc2cc3ccccc3c(-c3cccc4ccccc34)c2O)cc2ccccc2c1-c1cccc2ccccc12.[Co]. The first-order chi connectivity index (χ1) is 25.6. The summed E-state index contributed by atoms with van der Waals surface area (Å²) in [5.41, 5.74) is 5.04. The van der Waals surface area contributed by atoms with E-state index < -0.39 is 0 Å². The van der Waals surface area contributed by atoms with Gasteiger partial charge in [-0.2, -0.15) is 0 Å². The average molecular weight is 734 g/mol. The van der Waals surface area contributed by atoms with Gasteiger partial charge < -0.3 is 10.2 Å². The van der Waals surface area contributed by atoms with Crippen molar-refractivity contribution < 1.29 is 27.0 Å². The van der Waals surface area contributed by atoms with E-state index in [0.29, 0.717) is 11.1 Å². The first-order valence-electron chi connectivity index (χ1n) is 18.2. The average Bonchev–Trinajstić information content (AvgIpc) is 3.19. The molecule has 0 amide bonds. The van der Waals surface area contributed by atoms with Gasteiger partial charge in [-0.15, -0.1) is 0 Å². The molecule has 0 heterocycles. The number of phenols is 2. The molecule has 0 saturated heterocycles. The first kappa shape index (κ1) is 34.3. The van der Waals surface area contributed by atoms with Gasteiger partial charge in [0.25, 0.3) is 0 Å². The van der Waals surface area contributed by atoms with Crippen molar-refractivity contribution in [2.45, 2.75) is 37.8 Å². The fraction of sp³-hybridized carbons (Fsp3) is 0.125. The van der Waals surface area contributed by atoms with Gasteiger partial charge in [-0.25, -0.2) is 0 Å². The molecule has 1 saturated carbocycles. The Bertz CT molecular complexity index is 2500. The molecule has 1 radical (unpaired) electrons. The van der Waals surface area contributed by atoms with E-state index in [4.69, 9.17) is 9.98 Å². The van der Waals surface area contributed by atoms with Gasteiger partial charge in [0.1, 0.15) is 11.5 Å². The molecule has 2 atom stereocenters. The summed E-state index contributed by atoms with van der Waals surface area (Å²) in [6, 6.07) is 49.5. The van der Waals surface area contributed by atoms with Crippen LogP contribution in [0.15, 0.2) is 156 Å². The Hall–Kier alpha value is -5.75. The second-order valence-electron chi connectivity index (χ2n) is 13.8. The third-order valence-corrected chi connectivity index (χ3v) is 10.7. The molecule has 5 heteroatoms. The van der Waals surface area contributed by atoms with Crippen LogP contribution in [0.3, 0.4) is 0 Å². The van der Waals surface area contributed by atoms with Gasteiger partial charge in [0, 0.05) is 51.5 Å². The van der Waals surface area contributed by atoms with Crippen LogP contribution < -0.4 is 0 Å². The summed E-state index contributed by atoms with van der Waals surface area (Å²) in [6.45, 7) is 0. The summed E-state index contributed by atoms with van der Waals surface area (Å²) in [5, 5.41) is 32.4. The van der Waals surface area contributed by atoms with Crippen LogP contribution in [-0.2, 0) is 16.8 Å². The number of hydrogen-bond donors (Lipinski definition) is 2. The second-order valence-corrected chi connectivity index (χ2v) is 13.8. The Morgan fingerprint density at radius 1 is 0.434 bits per heavy atom. The molecule has 0 aliphatic heterocycles. The van der Waals surface area contributed by atoms with Gasteiger partial charge in [0.05, 0.1) is 12.1 Å². The maximum absolute atomic E-state index is 11.9. The van der Waals surface area contributed by atoms with E-state index in [1.54, 1.807) is 0 Å². The van der Waals surface area contributed by atoms with E-state index >= 15 is 0 Å². The Morgan fingerprint density at radius 2 is 0.792 bits per heavy atom. The first-order valence-corrected chi connectivity index (χ1v) is 18.2. The molecule has 261 valence electrons. The Morgan fingerprint density at radius 3 is 1.23 bits per heavy atom. The summed E-state index contributed by atoms with van der Waals surface area (Å²) in [4.78, 5) is 10.2. The van der Waals surface area contributed by atoms with Crippen LogP contribution in [-0.4, -0.2) is 34.7 Å². The van der Waals surface area contributed by atoms with Crippen LogP contribution in [0.1, 0.15) is 36.8 Å². The molecule has 8 aromatic carbocycles. The predicted octanol–water partition coefficient (Wildman–Crippen LogP) is 11.9. The summed E-state index contributed by atoms with van der Waals surface area (Å²) in [7, 11) is 0. The zero-order valence-corrected chi connectivity index (χ0v) is 30.2. The van der Waals surface area contributed by atoms with E-state index in [2.05, 4.69) is 84.9 Å². The topological polar surface area (TPSA) is 65.2 Å². The number of hydrogen-bond acceptors (Lipinski definition) is 4. The fourth-order valence-electron chi connectivity index (χ4n) is 8.14. The summed E-state index contributed by atoms with van der Waals surface area (Å²) < 4.78 is 0. The van der Waals surface area contributed by atoms with Gasteiger partial charge in [0.15, 0.2) is 0 Å². The Labute approximate surface area is 319 Å². The van der Waals surface area contributed by atoms with Crippen molar-refractivity contribution in [1.29, 1.82) is 0 Å². The second kappa shape index (κ2) is 14.7.